The van der Waals surface area contributed by atoms with Gasteiger partial charge in [-0.05, 0) is 49.8 Å². The van der Waals surface area contributed by atoms with Gasteiger partial charge in [-0.15, -0.1) is 0 Å². The van der Waals surface area contributed by atoms with E-state index in [2.05, 4.69) is 17.4 Å². The molecule has 0 unspecified atom stereocenters. The molecule has 1 fully saturated rings. The molecule has 0 bridgehead atoms. The molecule has 164 valence electrons. The Morgan fingerprint density at radius 2 is 1.58 bits per heavy atom. The molecule has 0 spiro atoms. The van der Waals surface area contributed by atoms with Crippen LogP contribution < -0.4 is 5.32 Å². The maximum Gasteiger partial charge on any atom is 0.305 e. The molecule has 6 nitrogen and oxygen atoms in total. The Kier molecular flexibility index (Phi) is 8.64. The lowest BCUT2D eigenvalue weighted by molar-refractivity contribution is -0.143. The number of amides is 2. The highest BCUT2D eigenvalue weighted by molar-refractivity contribution is 6.03. The zero-order valence-corrected chi connectivity index (χ0v) is 17.8. The number of hydrogen-bond acceptors (Lipinski definition) is 4. The number of rotatable bonds is 10. The maximum atomic E-state index is 12.7. The lowest BCUT2D eigenvalue weighted by Gasteiger charge is -2.18. The Labute approximate surface area is 183 Å². The molecule has 1 saturated heterocycles. The Morgan fingerprint density at radius 3 is 2.35 bits per heavy atom. The Morgan fingerprint density at radius 1 is 0.871 bits per heavy atom. The summed E-state index contributed by atoms with van der Waals surface area (Å²) in [5.74, 6) is -0.545. The van der Waals surface area contributed by atoms with Gasteiger partial charge in [-0.3, -0.25) is 14.4 Å². The fourth-order valence-corrected chi connectivity index (χ4v) is 3.65. The zero-order valence-electron chi connectivity index (χ0n) is 17.8. The van der Waals surface area contributed by atoms with Crippen LogP contribution in [0.1, 0.15) is 54.4 Å². The summed E-state index contributed by atoms with van der Waals surface area (Å²) in [6.07, 6.45) is 4.49. The van der Waals surface area contributed by atoms with E-state index in [0.717, 1.165) is 38.8 Å². The van der Waals surface area contributed by atoms with Crippen molar-refractivity contribution in [1.82, 2.24) is 4.90 Å². The summed E-state index contributed by atoms with van der Waals surface area (Å²) in [7, 11) is 0. The van der Waals surface area contributed by atoms with Crippen LogP contribution in [0, 0.1) is 0 Å². The molecule has 0 aromatic heterocycles. The zero-order chi connectivity index (χ0) is 21.9. The molecule has 0 aliphatic carbocycles. The highest BCUT2D eigenvalue weighted by atomic mass is 16.5. The van der Waals surface area contributed by atoms with Crippen LogP contribution >= 0.6 is 0 Å². The van der Waals surface area contributed by atoms with Crippen LogP contribution in [0.5, 0.6) is 0 Å². The smallest absolute Gasteiger partial charge is 0.305 e. The average molecular weight is 423 g/mol. The maximum absolute atomic E-state index is 12.7. The molecular formula is C25H30N2O4. The highest BCUT2D eigenvalue weighted by Crippen LogP contribution is 2.20. The highest BCUT2D eigenvalue weighted by Gasteiger charge is 2.22. The molecule has 31 heavy (non-hydrogen) atoms. The number of ether oxygens (including phenoxy) is 1. The monoisotopic (exact) mass is 422 g/mol. The number of carbonyl (C=O) groups is 3. The molecule has 1 aliphatic heterocycles. The first-order valence-electron chi connectivity index (χ1n) is 11.0. The first-order valence-corrected chi connectivity index (χ1v) is 11.0. The molecule has 1 N–H and O–H groups in total. The van der Waals surface area contributed by atoms with Gasteiger partial charge in [0, 0.05) is 25.9 Å². The minimum atomic E-state index is -0.287. The van der Waals surface area contributed by atoms with Crippen molar-refractivity contribution in [2.45, 2.75) is 44.9 Å². The number of nitrogens with one attached hydrogen (secondary N) is 1. The predicted octanol–water partition coefficient (Wildman–Crippen LogP) is 4.21. The third kappa shape index (κ3) is 7.24. The van der Waals surface area contributed by atoms with Crippen LogP contribution in [0.15, 0.2) is 54.6 Å². The molecular weight excluding hydrogens is 392 g/mol. The van der Waals surface area contributed by atoms with Crippen molar-refractivity contribution in [3.05, 3.63) is 65.7 Å². The van der Waals surface area contributed by atoms with Crippen molar-refractivity contribution in [3.63, 3.8) is 0 Å². The summed E-state index contributed by atoms with van der Waals surface area (Å²) >= 11 is 0. The van der Waals surface area contributed by atoms with Gasteiger partial charge < -0.3 is 15.0 Å². The van der Waals surface area contributed by atoms with Crippen LogP contribution in [0.2, 0.25) is 0 Å². The number of nitrogens with zero attached hydrogens (tertiary/aromatic N) is 1. The molecule has 0 saturated carbocycles. The minimum absolute atomic E-state index is 0.0486. The largest absolute Gasteiger partial charge is 0.466 e. The normalized spacial score (nSPS) is 13.1. The van der Waals surface area contributed by atoms with Gasteiger partial charge in [-0.1, -0.05) is 42.5 Å². The van der Waals surface area contributed by atoms with Crippen molar-refractivity contribution in [1.29, 1.82) is 0 Å². The summed E-state index contributed by atoms with van der Waals surface area (Å²) in [5, 5.41) is 2.82. The van der Waals surface area contributed by atoms with Crippen molar-refractivity contribution < 1.29 is 19.1 Å². The summed E-state index contributed by atoms with van der Waals surface area (Å²) < 4.78 is 5.25. The summed E-state index contributed by atoms with van der Waals surface area (Å²) in [4.78, 5) is 38.7. The second kappa shape index (κ2) is 11.9. The van der Waals surface area contributed by atoms with E-state index in [-0.39, 0.29) is 30.6 Å². The van der Waals surface area contributed by atoms with E-state index in [4.69, 9.17) is 4.74 Å². The molecule has 3 rings (SSSR count). The average Bonchev–Trinajstić information content (AvgIpc) is 3.32. The molecule has 1 heterocycles. The third-order valence-electron chi connectivity index (χ3n) is 5.33. The van der Waals surface area contributed by atoms with Gasteiger partial charge in [0.1, 0.15) is 0 Å². The van der Waals surface area contributed by atoms with Gasteiger partial charge in [-0.25, -0.2) is 0 Å². The molecule has 2 aromatic carbocycles. The van der Waals surface area contributed by atoms with E-state index < -0.39 is 0 Å². The van der Waals surface area contributed by atoms with E-state index in [9.17, 15) is 14.4 Å². The second-order valence-electron chi connectivity index (χ2n) is 7.76. The van der Waals surface area contributed by atoms with Gasteiger partial charge in [0.25, 0.3) is 5.91 Å². The standard InChI is InChI=1S/C25H30N2O4/c28-23(15-8-16-24(29)31-19-9-12-20-10-2-1-3-11-20)26-22-14-5-4-13-21(22)25(30)27-17-6-7-18-27/h1-5,10-11,13-14H,6-9,12,15-19H2,(H,26,28). The molecule has 6 heteroatoms. The second-order valence-corrected chi connectivity index (χ2v) is 7.76. The quantitative estimate of drug-likeness (QED) is 0.460. The van der Waals surface area contributed by atoms with Crippen LogP contribution in [-0.4, -0.2) is 42.4 Å². The first-order chi connectivity index (χ1) is 15.1. The molecule has 1 aliphatic rings. The number of aryl methyl sites for hydroxylation is 1. The summed E-state index contributed by atoms with van der Waals surface area (Å²) in [5.41, 5.74) is 2.25. The van der Waals surface area contributed by atoms with Gasteiger partial charge in [-0.2, -0.15) is 0 Å². The van der Waals surface area contributed by atoms with Crippen molar-refractivity contribution in [3.8, 4) is 0 Å². The minimum Gasteiger partial charge on any atom is -0.466 e. The van der Waals surface area contributed by atoms with Gasteiger partial charge in [0.15, 0.2) is 0 Å². The van der Waals surface area contributed by atoms with E-state index >= 15 is 0 Å². The van der Waals surface area contributed by atoms with Crippen molar-refractivity contribution >= 4 is 23.5 Å². The molecule has 2 amide bonds. The van der Waals surface area contributed by atoms with Crippen LogP contribution in [-0.2, 0) is 20.7 Å². The topological polar surface area (TPSA) is 75.7 Å². The molecule has 0 radical (unpaired) electrons. The Balaban J connectivity index is 1.35. The van der Waals surface area contributed by atoms with Gasteiger partial charge in [0.2, 0.25) is 5.91 Å². The van der Waals surface area contributed by atoms with Crippen molar-refractivity contribution in [2.75, 3.05) is 25.0 Å². The predicted molar refractivity (Wildman–Crippen MR) is 120 cm³/mol. The number of benzene rings is 2. The van der Waals surface area contributed by atoms with Crippen LogP contribution in [0.3, 0.4) is 0 Å². The number of esters is 1. The van der Waals surface area contributed by atoms with Crippen LogP contribution in [0.25, 0.3) is 0 Å². The van der Waals surface area contributed by atoms with Gasteiger partial charge >= 0.3 is 5.97 Å². The van der Waals surface area contributed by atoms with E-state index in [1.807, 2.05) is 23.1 Å². The lowest BCUT2D eigenvalue weighted by Crippen LogP contribution is -2.28. The Hall–Kier alpha value is -3.15. The number of anilines is 1. The lowest BCUT2D eigenvalue weighted by atomic mass is 10.1. The summed E-state index contributed by atoms with van der Waals surface area (Å²) in [6, 6.07) is 17.1. The molecule has 2 aromatic rings. The summed E-state index contributed by atoms with van der Waals surface area (Å²) in [6.45, 7) is 1.90. The number of para-hydroxylation sites is 1. The van der Waals surface area contributed by atoms with E-state index in [1.165, 1.54) is 5.56 Å². The van der Waals surface area contributed by atoms with E-state index in [1.54, 1.807) is 24.3 Å². The third-order valence-corrected chi connectivity index (χ3v) is 5.33. The van der Waals surface area contributed by atoms with Crippen molar-refractivity contribution in [2.24, 2.45) is 0 Å². The SMILES string of the molecule is O=C(CCCC(=O)OCCCc1ccccc1)Nc1ccccc1C(=O)N1CCCC1. The van der Waals surface area contributed by atoms with E-state index in [0.29, 0.717) is 24.3 Å². The number of likely N-dealkylation sites (tertiary alicyclic amines) is 1. The number of hydrogen-bond donors (Lipinski definition) is 1. The first kappa shape index (κ1) is 22.5. The van der Waals surface area contributed by atoms with Crippen LogP contribution in [0.4, 0.5) is 5.69 Å². The van der Waals surface area contributed by atoms with Gasteiger partial charge in [0.05, 0.1) is 17.9 Å². The fourth-order valence-electron chi connectivity index (χ4n) is 3.65. The Bertz CT molecular complexity index is 876. The molecule has 0 atom stereocenters. The fraction of sp³-hybridized carbons (Fsp3) is 0.400. The number of carbonyl (C=O) groups excluding carboxylic acids is 3.